The average molecular weight is 247 g/mol. The number of likely N-dealkylation sites (tertiary alicyclic amines) is 1. The molecule has 98 valence electrons. The molecular formula is C14H21N3O. The van der Waals surface area contributed by atoms with Gasteiger partial charge in [-0.3, -0.25) is 9.48 Å². The molecular weight excluding hydrogens is 226 g/mol. The molecule has 0 radical (unpaired) electrons. The zero-order valence-corrected chi connectivity index (χ0v) is 11.2. The second-order valence-electron chi connectivity index (χ2n) is 4.87. The monoisotopic (exact) mass is 247 g/mol. The maximum absolute atomic E-state index is 12.2. The van der Waals surface area contributed by atoms with Crippen molar-refractivity contribution >= 4 is 12.0 Å². The molecule has 1 aromatic rings. The quantitative estimate of drug-likeness (QED) is 0.768. The molecule has 1 amide bonds. The summed E-state index contributed by atoms with van der Waals surface area (Å²) in [5.74, 6) is 0.130. The van der Waals surface area contributed by atoms with Crippen LogP contribution in [0.2, 0.25) is 0 Å². The normalized spacial score (nSPS) is 20.6. The highest BCUT2D eigenvalue weighted by Crippen LogP contribution is 2.19. The maximum atomic E-state index is 12.2. The molecule has 1 aromatic heterocycles. The Labute approximate surface area is 108 Å². The van der Waals surface area contributed by atoms with Crippen LogP contribution in [0, 0.1) is 0 Å². The number of piperidine rings is 1. The average Bonchev–Trinajstić information content (AvgIpc) is 2.81. The van der Waals surface area contributed by atoms with Gasteiger partial charge in [0, 0.05) is 37.5 Å². The van der Waals surface area contributed by atoms with Gasteiger partial charge in [0.1, 0.15) is 0 Å². The van der Waals surface area contributed by atoms with Crippen molar-refractivity contribution in [2.75, 3.05) is 6.54 Å². The number of aryl methyl sites for hydroxylation is 1. The largest absolute Gasteiger partial charge is 0.336 e. The molecule has 1 aliphatic rings. The number of amides is 1. The number of hydrogen-bond donors (Lipinski definition) is 0. The lowest BCUT2D eigenvalue weighted by Gasteiger charge is -2.34. The van der Waals surface area contributed by atoms with Crippen molar-refractivity contribution in [2.45, 2.75) is 38.6 Å². The third kappa shape index (κ3) is 3.00. The van der Waals surface area contributed by atoms with Crippen LogP contribution >= 0.6 is 0 Å². The molecule has 1 fully saturated rings. The summed E-state index contributed by atoms with van der Waals surface area (Å²) in [5.41, 5.74) is 0.968. The Balaban J connectivity index is 2.00. The molecule has 0 aliphatic carbocycles. The van der Waals surface area contributed by atoms with Crippen LogP contribution in [-0.2, 0) is 11.8 Å². The van der Waals surface area contributed by atoms with Crippen LogP contribution in [0.15, 0.2) is 18.5 Å². The molecule has 0 unspecified atom stereocenters. The van der Waals surface area contributed by atoms with Gasteiger partial charge >= 0.3 is 0 Å². The molecule has 1 aliphatic heterocycles. The van der Waals surface area contributed by atoms with E-state index in [2.05, 4.69) is 12.0 Å². The number of nitrogens with zero attached hydrogens (tertiary/aromatic N) is 3. The molecule has 0 N–H and O–H groups in total. The summed E-state index contributed by atoms with van der Waals surface area (Å²) in [6.45, 7) is 3.05. The highest BCUT2D eigenvalue weighted by molar-refractivity contribution is 5.92. The van der Waals surface area contributed by atoms with Gasteiger partial charge in [-0.1, -0.05) is 6.92 Å². The third-order valence-electron chi connectivity index (χ3n) is 3.52. The molecule has 1 atom stereocenters. The predicted molar refractivity (Wildman–Crippen MR) is 71.9 cm³/mol. The molecule has 4 heteroatoms. The maximum Gasteiger partial charge on any atom is 0.246 e. The van der Waals surface area contributed by atoms with Gasteiger partial charge in [0.2, 0.25) is 5.91 Å². The van der Waals surface area contributed by atoms with Crippen LogP contribution in [-0.4, -0.2) is 33.2 Å². The van der Waals surface area contributed by atoms with E-state index in [9.17, 15) is 4.79 Å². The summed E-state index contributed by atoms with van der Waals surface area (Å²) in [7, 11) is 1.87. The Hall–Kier alpha value is -1.58. The van der Waals surface area contributed by atoms with Gasteiger partial charge in [0.25, 0.3) is 0 Å². The topological polar surface area (TPSA) is 38.1 Å². The lowest BCUT2D eigenvalue weighted by Crippen LogP contribution is -2.42. The number of carbonyl (C=O) groups excluding carboxylic acids is 1. The van der Waals surface area contributed by atoms with Crippen molar-refractivity contribution in [1.82, 2.24) is 14.7 Å². The SMILES string of the molecule is CC[C@H]1CCCCN1C(=O)/C=C\c1cnn(C)c1. The summed E-state index contributed by atoms with van der Waals surface area (Å²) >= 11 is 0. The lowest BCUT2D eigenvalue weighted by atomic mass is 10.00. The molecule has 0 saturated carbocycles. The Kier molecular flexibility index (Phi) is 4.18. The molecule has 0 spiro atoms. The molecule has 18 heavy (non-hydrogen) atoms. The van der Waals surface area contributed by atoms with Crippen LogP contribution < -0.4 is 0 Å². The zero-order chi connectivity index (χ0) is 13.0. The van der Waals surface area contributed by atoms with E-state index in [-0.39, 0.29) is 5.91 Å². The fourth-order valence-electron chi connectivity index (χ4n) is 2.50. The van der Waals surface area contributed by atoms with Gasteiger partial charge in [-0.25, -0.2) is 0 Å². The van der Waals surface area contributed by atoms with Crippen molar-refractivity contribution in [3.8, 4) is 0 Å². The van der Waals surface area contributed by atoms with E-state index in [4.69, 9.17) is 0 Å². The highest BCUT2D eigenvalue weighted by Gasteiger charge is 2.23. The minimum absolute atomic E-state index is 0.130. The molecule has 4 nitrogen and oxygen atoms in total. The van der Waals surface area contributed by atoms with Crippen molar-refractivity contribution in [2.24, 2.45) is 7.05 Å². The van der Waals surface area contributed by atoms with Crippen LogP contribution in [0.3, 0.4) is 0 Å². The van der Waals surface area contributed by atoms with Gasteiger partial charge < -0.3 is 4.90 Å². The minimum atomic E-state index is 0.130. The Bertz CT molecular complexity index is 436. The van der Waals surface area contributed by atoms with E-state index in [0.717, 1.165) is 31.4 Å². The minimum Gasteiger partial charge on any atom is -0.336 e. The zero-order valence-electron chi connectivity index (χ0n) is 11.2. The first-order valence-corrected chi connectivity index (χ1v) is 6.68. The van der Waals surface area contributed by atoms with E-state index in [1.54, 1.807) is 17.0 Å². The number of rotatable bonds is 3. The first kappa shape index (κ1) is 12.9. The van der Waals surface area contributed by atoms with E-state index in [0.29, 0.717) is 6.04 Å². The highest BCUT2D eigenvalue weighted by atomic mass is 16.2. The van der Waals surface area contributed by atoms with Crippen molar-refractivity contribution < 1.29 is 4.79 Å². The van der Waals surface area contributed by atoms with E-state index in [1.807, 2.05) is 24.2 Å². The van der Waals surface area contributed by atoms with Crippen molar-refractivity contribution in [1.29, 1.82) is 0 Å². The summed E-state index contributed by atoms with van der Waals surface area (Å²) < 4.78 is 1.74. The van der Waals surface area contributed by atoms with Crippen LogP contribution in [0.25, 0.3) is 6.08 Å². The standard InChI is InChI=1S/C14H21N3O/c1-3-13-6-4-5-9-17(13)14(18)8-7-12-10-15-16(2)11-12/h7-8,10-11,13H,3-6,9H2,1-2H3/b8-7-/t13-/m0/s1. The summed E-state index contributed by atoms with van der Waals surface area (Å²) in [5, 5.41) is 4.08. The molecule has 2 rings (SSSR count). The summed E-state index contributed by atoms with van der Waals surface area (Å²) in [6, 6.07) is 0.421. The van der Waals surface area contributed by atoms with E-state index in [1.165, 1.54) is 6.42 Å². The third-order valence-corrected chi connectivity index (χ3v) is 3.52. The Morgan fingerprint density at radius 1 is 1.56 bits per heavy atom. The Morgan fingerprint density at radius 3 is 3.06 bits per heavy atom. The predicted octanol–water partition coefficient (Wildman–Crippen LogP) is 2.22. The molecule has 1 saturated heterocycles. The van der Waals surface area contributed by atoms with E-state index >= 15 is 0 Å². The number of carbonyl (C=O) groups is 1. The van der Waals surface area contributed by atoms with E-state index < -0.39 is 0 Å². The fraction of sp³-hybridized carbons (Fsp3) is 0.571. The summed E-state index contributed by atoms with van der Waals surface area (Å²) in [6.07, 6.45) is 11.7. The van der Waals surface area contributed by atoms with Crippen molar-refractivity contribution in [3.05, 3.63) is 24.0 Å². The summed E-state index contributed by atoms with van der Waals surface area (Å²) in [4.78, 5) is 14.2. The van der Waals surface area contributed by atoms with Gasteiger partial charge in [-0.2, -0.15) is 5.10 Å². The lowest BCUT2D eigenvalue weighted by molar-refractivity contribution is -0.129. The van der Waals surface area contributed by atoms with Crippen LogP contribution in [0.4, 0.5) is 0 Å². The van der Waals surface area contributed by atoms with Gasteiger partial charge in [0.15, 0.2) is 0 Å². The van der Waals surface area contributed by atoms with Gasteiger partial charge in [0.05, 0.1) is 6.20 Å². The van der Waals surface area contributed by atoms with Crippen LogP contribution in [0.5, 0.6) is 0 Å². The first-order valence-electron chi connectivity index (χ1n) is 6.68. The fourth-order valence-corrected chi connectivity index (χ4v) is 2.50. The van der Waals surface area contributed by atoms with Crippen molar-refractivity contribution in [3.63, 3.8) is 0 Å². The smallest absolute Gasteiger partial charge is 0.246 e. The second-order valence-corrected chi connectivity index (χ2v) is 4.87. The van der Waals surface area contributed by atoms with Gasteiger partial charge in [-0.05, 0) is 31.8 Å². The molecule has 0 aromatic carbocycles. The number of aromatic nitrogens is 2. The molecule has 0 bridgehead atoms. The second kappa shape index (κ2) is 5.85. The van der Waals surface area contributed by atoms with Crippen LogP contribution in [0.1, 0.15) is 38.2 Å². The molecule has 2 heterocycles. The van der Waals surface area contributed by atoms with Gasteiger partial charge in [-0.15, -0.1) is 0 Å². The number of hydrogen-bond acceptors (Lipinski definition) is 2. The Morgan fingerprint density at radius 2 is 2.39 bits per heavy atom. The first-order chi connectivity index (χ1) is 8.70.